The Balaban J connectivity index is 1.48. The van der Waals surface area contributed by atoms with E-state index >= 15 is 0 Å². The number of amides is 2. The van der Waals surface area contributed by atoms with Crippen LogP contribution in [0.25, 0.3) is 5.70 Å². The number of aromatic nitrogens is 1. The van der Waals surface area contributed by atoms with Crippen LogP contribution in [0.1, 0.15) is 35.2 Å². The minimum Gasteiger partial charge on any atom is -0.355 e. The lowest BCUT2D eigenvalue weighted by molar-refractivity contribution is -0.116. The number of hydrogen-bond acceptors (Lipinski definition) is 4. The van der Waals surface area contributed by atoms with Crippen molar-refractivity contribution < 1.29 is 9.59 Å². The van der Waals surface area contributed by atoms with Crippen molar-refractivity contribution in [3.05, 3.63) is 60.3 Å². The molecule has 1 fully saturated rings. The van der Waals surface area contributed by atoms with Crippen LogP contribution >= 0.6 is 0 Å². The first-order valence-electron chi connectivity index (χ1n) is 9.25. The lowest BCUT2D eigenvalue weighted by Gasteiger charge is -2.29. The van der Waals surface area contributed by atoms with Gasteiger partial charge in [-0.3, -0.25) is 14.5 Å². The summed E-state index contributed by atoms with van der Waals surface area (Å²) in [7, 11) is 0. The SMILES string of the molecule is C=C1c2ccccc2C(=O)N1CC(=O)Nc1cccnc1N1CCCCC1. The summed E-state index contributed by atoms with van der Waals surface area (Å²) in [5.74, 6) is 0.345. The number of nitrogens with one attached hydrogen (secondary N) is 1. The van der Waals surface area contributed by atoms with Crippen LogP contribution in [0.2, 0.25) is 0 Å². The molecule has 0 atom stereocenters. The molecule has 2 amide bonds. The second-order valence-electron chi connectivity index (χ2n) is 6.85. The van der Waals surface area contributed by atoms with Gasteiger partial charge in [0.05, 0.1) is 5.69 Å². The van der Waals surface area contributed by atoms with Gasteiger partial charge in [0.25, 0.3) is 5.91 Å². The number of piperidine rings is 1. The molecule has 2 aliphatic heterocycles. The largest absolute Gasteiger partial charge is 0.355 e. The van der Waals surface area contributed by atoms with Crippen LogP contribution in [0.15, 0.2) is 49.2 Å². The van der Waals surface area contributed by atoms with Crippen LogP contribution in [0.5, 0.6) is 0 Å². The van der Waals surface area contributed by atoms with Crippen LogP contribution < -0.4 is 10.2 Å². The molecule has 1 N–H and O–H groups in total. The summed E-state index contributed by atoms with van der Waals surface area (Å²) in [4.78, 5) is 33.3. The van der Waals surface area contributed by atoms with Crippen molar-refractivity contribution in [1.82, 2.24) is 9.88 Å². The molecule has 0 unspecified atom stereocenters. The second kappa shape index (κ2) is 7.23. The molecule has 0 aliphatic carbocycles. The van der Waals surface area contributed by atoms with E-state index in [0.717, 1.165) is 37.3 Å². The second-order valence-corrected chi connectivity index (χ2v) is 6.85. The molecule has 6 nitrogen and oxygen atoms in total. The van der Waals surface area contributed by atoms with E-state index in [4.69, 9.17) is 0 Å². The van der Waals surface area contributed by atoms with Crippen LogP contribution in [-0.4, -0.2) is 41.3 Å². The van der Waals surface area contributed by atoms with Gasteiger partial charge >= 0.3 is 0 Å². The lowest BCUT2D eigenvalue weighted by Crippen LogP contribution is -2.34. The van der Waals surface area contributed by atoms with E-state index in [1.165, 1.54) is 11.3 Å². The summed E-state index contributed by atoms with van der Waals surface area (Å²) < 4.78 is 0. The number of rotatable bonds is 4. The van der Waals surface area contributed by atoms with Crippen molar-refractivity contribution in [3.8, 4) is 0 Å². The van der Waals surface area contributed by atoms with Crippen LogP contribution in [-0.2, 0) is 4.79 Å². The van der Waals surface area contributed by atoms with Crippen molar-refractivity contribution in [2.75, 3.05) is 29.9 Å². The Morgan fingerprint density at radius 3 is 2.56 bits per heavy atom. The van der Waals surface area contributed by atoms with Crippen molar-refractivity contribution in [3.63, 3.8) is 0 Å². The van der Waals surface area contributed by atoms with E-state index in [0.29, 0.717) is 16.9 Å². The number of carbonyl (C=O) groups is 2. The fraction of sp³-hybridized carbons (Fsp3) is 0.286. The monoisotopic (exact) mass is 362 g/mol. The molecule has 1 saturated heterocycles. The number of carbonyl (C=O) groups excluding carboxylic acids is 2. The molecule has 0 bridgehead atoms. The Morgan fingerprint density at radius 1 is 1.07 bits per heavy atom. The van der Waals surface area contributed by atoms with Gasteiger partial charge in [0.15, 0.2) is 5.82 Å². The van der Waals surface area contributed by atoms with Gasteiger partial charge in [0.1, 0.15) is 6.54 Å². The summed E-state index contributed by atoms with van der Waals surface area (Å²) in [6, 6.07) is 10.9. The van der Waals surface area contributed by atoms with Crippen LogP contribution in [0.3, 0.4) is 0 Å². The van der Waals surface area contributed by atoms with Gasteiger partial charge in [-0.1, -0.05) is 24.8 Å². The molecule has 1 aromatic carbocycles. The highest BCUT2D eigenvalue weighted by Crippen LogP contribution is 2.31. The third kappa shape index (κ3) is 3.30. The molecule has 27 heavy (non-hydrogen) atoms. The molecule has 138 valence electrons. The highest BCUT2D eigenvalue weighted by atomic mass is 16.2. The van der Waals surface area contributed by atoms with Gasteiger partial charge in [0, 0.05) is 36.1 Å². The van der Waals surface area contributed by atoms with E-state index in [-0.39, 0.29) is 18.4 Å². The molecular weight excluding hydrogens is 340 g/mol. The van der Waals surface area contributed by atoms with E-state index in [1.807, 2.05) is 24.3 Å². The normalized spacial score (nSPS) is 16.4. The van der Waals surface area contributed by atoms with Gasteiger partial charge in [-0.25, -0.2) is 4.98 Å². The van der Waals surface area contributed by atoms with Crippen LogP contribution in [0.4, 0.5) is 11.5 Å². The maximum atomic E-state index is 12.7. The number of fused-ring (bicyclic) bond motifs is 1. The number of anilines is 2. The lowest BCUT2D eigenvalue weighted by atomic mass is 10.1. The van der Waals surface area contributed by atoms with Gasteiger partial charge in [-0.05, 0) is 37.5 Å². The van der Waals surface area contributed by atoms with E-state index in [2.05, 4.69) is 21.8 Å². The first kappa shape index (κ1) is 17.3. The minimum absolute atomic E-state index is 0.0688. The zero-order valence-electron chi connectivity index (χ0n) is 15.1. The maximum absolute atomic E-state index is 12.7. The van der Waals surface area contributed by atoms with E-state index in [9.17, 15) is 9.59 Å². The maximum Gasteiger partial charge on any atom is 0.259 e. The van der Waals surface area contributed by atoms with E-state index < -0.39 is 0 Å². The van der Waals surface area contributed by atoms with Crippen molar-refractivity contribution in [1.29, 1.82) is 0 Å². The Hall–Kier alpha value is -3.15. The molecule has 0 radical (unpaired) electrons. The fourth-order valence-corrected chi connectivity index (χ4v) is 3.69. The van der Waals surface area contributed by atoms with Crippen molar-refractivity contribution >= 4 is 29.0 Å². The first-order chi connectivity index (χ1) is 13.1. The Kier molecular flexibility index (Phi) is 4.62. The molecule has 2 aliphatic rings. The Morgan fingerprint density at radius 2 is 1.81 bits per heavy atom. The van der Waals surface area contributed by atoms with Crippen molar-refractivity contribution in [2.45, 2.75) is 19.3 Å². The van der Waals surface area contributed by atoms with Crippen molar-refractivity contribution in [2.24, 2.45) is 0 Å². The van der Waals surface area contributed by atoms with Gasteiger partial charge in [-0.15, -0.1) is 0 Å². The third-order valence-corrected chi connectivity index (χ3v) is 5.06. The number of nitrogens with zero attached hydrogens (tertiary/aromatic N) is 3. The molecule has 6 heteroatoms. The zero-order valence-corrected chi connectivity index (χ0v) is 15.1. The Bertz CT molecular complexity index is 868. The first-order valence-corrected chi connectivity index (χ1v) is 9.25. The predicted octanol–water partition coefficient (Wildman–Crippen LogP) is 3.14. The molecule has 0 spiro atoms. The third-order valence-electron chi connectivity index (χ3n) is 5.06. The fourth-order valence-electron chi connectivity index (χ4n) is 3.69. The topological polar surface area (TPSA) is 65.5 Å². The molecular formula is C21H22N4O2. The summed E-state index contributed by atoms with van der Waals surface area (Å²) in [6.45, 7) is 5.80. The molecule has 4 rings (SSSR count). The van der Waals surface area contributed by atoms with E-state index in [1.54, 1.807) is 18.3 Å². The average molecular weight is 362 g/mol. The molecule has 2 aromatic rings. The molecule has 3 heterocycles. The summed E-state index contributed by atoms with van der Waals surface area (Å²) in [5, 5.41) is 2.92. The summed E-state index contributed by atoms with van der Waals surface area (Å²) >= 11 is 0. The Labute approximate surface area is 158 Å². The highest BCUT2D eigenvalue weighted by Gasteiger charge is 2.32. The van der Waals surface area contributed by atoms with Crippen LogP contribution in [0, 0.1) is 0 Å². The van der Waals surface area contributed by atoms with Gasteiger partial charge in [0.2, 0.25) is 5.91 Å². The minimum atomic E-state index is -0.261. The number of hydrogen-bond donors (Lipinski definition) is 1. The molecule has 1 aromatic heterocycles. The smallest absolute Gasteiger partial charge is 0.259 e. The quantitative estimate of drug-likeness (QED) is 0.907. The molecule has 0 saturated carbocycles. The number of pyridine rings is 1. The standard InChI is InChI=1S/C21H22N4O2/c1-15-16-8-3-4-9-17(16)21(27)25(15)14-19(26)23-18-10-7-11-22-20(18)24-12-5-2-6-13-24/h3-4,7-11H,1-2,5-6,12-14H2,(H,23,26). The average Bonchev–Trinajstić information content (AvgIpc) is 2.94. The highest BCUT2D eigenvalue weighted by molar-refractivity contribution is 6.11. The van der Waals surface area contributed by atoms with Gasteiger partial charge < -0.3 is 10.2 Å². The summed E-state index contributed by atoms with van der Waals surface area (Å²) in [6.07, 6.45) is 5.22. The summed E-state index contributed by atoms with van der Waals surface area (Å²) in [5.41, 5.74) is 2.61. The zero-order chi connectivity index (χ0) is 18.8. The number of benzene rings is 1. The van der Waals surface area contributed by atoms with Gasteiger partial charge in [-0.2, -0.15) is 0 Å². The predicted molar refractivity (Wildman–Crippen MR) is 105 cm³/mol.